The fourth-order valence-electron chi connectivity index (χ4n) is 3.65. The van der Waals surface area contributed by atoms with E-state index in [1.807, 2.05) is 20.8 Å². The highest BCUT2D eigenvalue weighted by atomic mass is 16.5. The van der Waals surface area contributed by atoms with Crippen LogP contribution < -0.4 is 24.3 Å². The van der Waals surface area contributed by atoms with Crippen molar-refractivity contribution in [1.29, 1.82) is 0 Å². The van der Waals surface area contributed by atoms with Gasteiger partial charge in [-0.1, -0.05) is 13.0 Å². The Balaban J connectivity index is 2.08. The highest BCUT2D eigenvalue weighted by Crippen LogP contribution is 2.37. The Kier molecular flexibility index (Phi) is 7.82. The van der Waals surface area contributed by atoms with Gasteiger partial charge in [0.05, 0.1) is 33.0 Å². The molecule has 2 amide bonds. The van der Waals surface area contributed by atoms with Gasteiger partial charge >= 0.3 is 0 Å². The van der Waals surface area contributed by atoms with Crippen LogP contribution in [0.4, 0.5) is 5.69 Å². The molecular formula is C25H30N2O6. The molecule has 0 radical (unpaired) electrons. The van der Waals surface area contributed by atoms with Crippen molar-refractivity contribution in [2.45, 2.75) is 27.2 Å². The van der Waals surface area contributed by atoms with Crippen molar-refractivity contribution in [3.8, 4) is 23.0 Å². The van der Waals surface area contributed by atoms with Gasteiger partial charge in [-0.2, -0.15) is 0 Å². The standard InChI is InChI=1S/C25H30N2O6/c1-6-13-27-24(28)22(16-9-11-18(30-4)20(14-16)31-5)23(25(27)29)26-17-10-12-19(32-7-2)21(15-17)33-8-3/h9-12,14-15,26H,6-8,13H2,1-5H3. The third-order valence-corrected chi connectivity index (χ3v) is 5.10. The number of imide groups is 1. The molecule has 1 heterocycles. The van der Waals surface area contributed by atoms with Gasteiger partial charge in [-0.25, -0.2) is 0 Å². The van der Waals surface area contributed by atoms with E-state index in [1.54, 1.807) is 43.5 Å². The van der Waals surface area contributed by atoms with Gasteiger partial charge in [0.1, 0.15) is 5.70 Å². The summed E-state index contributed by atoms with van der Waals surface area (Å²) in [5.41, 5.74) is 1.64. The van der Waals surface area contributed by atoms with Crippen LogP contribution in [0.25, 0.3) is 5.57 Å². The number of ether oxygens (including phenoxy) is 4. The molecule has 0 unspecified atom stereocenters. The van der Waals surface area contributed by atoms with Crippen LogP contribution in [0.3, 0.4) is 0 Å². The summed E-state index contributed by atoms with van der Waals surface area (Å²) in [5.74, 6) is 1.44. The number of carbonyl (C=O) groups is 2. The second kappa shape index (κ2) is 10.8. The molecule has 0 spiro atoms. The number of hydrogen-bond acceptors (Lipinski definition) is 7. The van der Waals surface area contributed by atoms with Crippen molar-refractivity contribution in [2.24, 2.45) is 0 Å². The predicted molar refractivity (Wildman–Crippen MR) is 126 cm³/mol. The van der Waals surface area contributed by atoms with Crippen molar-refractivity contribution >= 4 is 23.1 Å². The lowest BCUT2D eigenvalue weighted by Gasteiger charge is -2.15. The van der Waals surface area contributed by atoms with E-state index in [1.165, 1.54) is 12.0 Å². The average molecular weight is 455 g/mol. The molecule has 8 heteroatoms. The first kappa shape index (κ1) is 24.0. The number of benzene rings is 2. The minimum Gasteiger partial charge on any atom is -0.493 e. The minimum atomic E-state index is -0.376. The first-order valence-corrected chi connectivity index (χ1v) is 11.0. The number of amides is 2. The third-order valence-electron chi connectivity index (χ3n) is 5.10. The quantitative estimate of drug-likeness (QED) is 0.512. The largest absolute Gasteiger partial charge is 0.493 e. The lowest BCUT2D eigenvalue weighted by atomic mass is 10.0. The van der Waals surface area contributed by atoms with Crippen molar-refractivity contribution in [3.63, 3.8) is 0 Å². The van der Waals surface area contributed by atoms with E-state index < -0.39 is 0 Å². The molecule has 0 atom stereocenters. The number of carbonyl (C=O) groups excluding carboxylic acids is 2. The molecular weight excluding hydrogens is 424 g/mol. The van der Waals surface area contributed by atoms with E-state index in [0.717, 1.165) is 0 Å². The maximum Gasteiger partial charge on any atom is 0.278 e. The molecule has 0 aliphatic carbocycles. The number of anilines is 1. The van der Waals surface area contributed by atoms with Gasteiger partial charge < -0.3 is 24.3 Å². The Labute approximate surface area is 194 Å². The Hall–Kier alpha value is -3.68. The van der Waals surface area contributed by atoms with Gasteiger partial charge in [0, 0.05) is 18.3 Å². The fraction of sp³-hybridized carbons (Fsp3) is 0.360. The topological polar surface area (TPSA) is 86.3 Å². The molecule has 1 aliphatic heterocycles. The van der Waals surface area contributed by atoms with Crippen LogP contribution in [-0.2, 0) is 9.59 Å². The van der Waals surface area contributed by atoms with Gasteiger partial charge in [0.15, 0.2) is 23.0 Å². The lowest BCUT2D eigenvalue weighted by molar-refractivity contribution is -0.136. The van der Waals surface area contributed by atoms with Crippen molar-refractivity contribution in [1.82, 2.24) is 4.90 Å². The number of methoxy groups -OCH3 is 2. The monoisotopic (exact) mass is 454 g/mol. The molecule has 0 bridgehead atoms. The lowest BCUT2D eigenvalue weighted by Crippen LogP contribution is -2.33. The summed E-state index contributed by atoms with van der Waals surface area (Å²) < 4.78 is 22.0. The summed E-state index contributed by atoms with van der Waals surface area (Å²) in [6, 6.07) is 10.5. The van der Waals surface area contributed by atoms with Crippen LogP contribution in [0.5, 0.6) is 23.0 Å². The van der Waals surface area contributed by atoms with Crippen molar-refractivity contribution in [2.75, 3.05) is 39.3 Å². The Morgan fingerprint density at radius 3 is 2.09 bits per heavy atom. The molecule has 1 aliphatic rings. The number of rotatable bonds is 11. The summed E-state index contributed by atoms with van der Waals surface area (Å²) in [6.07, 6.45) is 0.654. The van der Waals surface area contributed by atoms with Crippen LogP contribution in [0, 0.1) is 0 Å². The Morgan fingerprint density at radius 2 is 1.45 bits per heavy atom. The highest BCUT2D eigenvalue weighted by Gasteiger charge is 2.39. The van der Waals surface area contributed by atoms with Crippen LogP contribution in [0.15, 0.2) is 42.1 Å². The number of hydrogen-bond donors (Lipinski definition) is 1. The van der Waals surface area contributed by atoms with Gasteiger partial charge in [-0.05, 0) is 50.1 Å². The van der Waals surface area contributed by atoms with E-state index in [4.69, 9.17) is 18.9 Å². The molecule has 33 heavy (non-hydrogen) atoms. The fourth-order valence-corrected chi connectivity index (χ4v) is 3.65. The van der Waals surface area contributed by atoms with E-state index in [9.17, 15) is 9.59 Å². The number of nitrogens with zero attached hydrogens (tertiary/aromatic N) is 1. The molecule has 2 aromatic rings. The zero-order valence-corrected chi connectivity index (χ0v) is 19.7. The van der Waals surface area contributed by atoms with Gasteiger partial charge in [-0.3, -0.25) is 14.5 Å². The van der Waals surface area contributed by atoms with Gasteiger partial charge in [0.2, 0.25) is 0 Å². The second-order valence-electron chi connectivity index (χ2n) is 7.23. The Bertz CT molecular complexity index is 1060. The van der Waals surface area contributed by atoms with E-state index in [0.29, 0.717) is 60.4 Å². The van der Waals surface area contributed by atoms with Crippen LogP contribution in [0.1, 0.15) is 32.8 Å². The molecule has 0 aromatic heterocycles. The van der Waals surface area contributed by atoms with E-state index in [2.05, 4.69) is 5.32 Å². The summed E-state index contributed by atoms with van der Waals surface area (Å²) in [4.78, 5) is 27.7. The maximum atomic E-state index is 13.3. The average Bonchev–Trinajstić information content (AvgIpc) is 3.05. The molecule has 1 N–H and O–H groups in total. The summed E-state index contributed by atoms with van der Waals surface area (Å²) >= 11 is 0. The molecule has 0 saturated carbocycles. The zero-order chi connectivity index (χ0) is 24.0. The first-order valence-electron chi connectivity index (χ1n) is 11.0. The maximum absolute atomic E-state index is 13.3. The van der Waals surface area contributed by atoms with Crippen LogP contribution in [-0.4, -0.2) is 50.7 Å². The summed E-state index contributed by atoms with van der Waals surface area (Å²) in [7, 11) is 3.06. The molecule has 0 saturated heterocycles. The molecule has 3 rings (SSSR count). The summed E-state index contributed by atoms with van der Waals surface area (Å²) in [6.45, 7) is 6.99. The van der Waals surface area contributed by atoms with Gasteiger partial charge in [-0.15, -0.1) is 0 Å². The smallest absolute Gasteiger partial charge is 0.278 e. The Morgan fingerprint density at radius 1 is 0.788 bits per heavy atom. The molecule has 2 aromatic carbocycles. The zero-order valence-electron chi connectivity index (χ0n) is 19.7. The van der Waals surface area contributed by atoms with Gasteiger partial charge in [0.25, 0.3) is 11.8 Å². The molecule has 8 nitrogen and oxygen atoms in total. The molecule has 176 valence electrons. The number of nitrogens with one attached hydrogen (secondary N) is 1. The highest BCUT2D eigenvalue weighted by molar-refractivity contribution is 6.36. The van der Waals surface area contributed by atoms with Crippen molar-refractivity contribution in [3.05, 3.63) is 47.7 Å². The second-order valence-corrected chi connectivity index (χ2v) is 7.23. The first-order chi connectivity index (χ1) is 16.0. The van der Waals surface area contributed by atoms with Crippen molar-refractivity contribution < 1.29 is 28.5 Å². The van der Waals surface area contributed by atoms with Crippen LogP contribution >= 0.6 is 0 Å². The summed E-state index contributed by atoms with van der Waals surface area (Å²) in [5, 5.41) is 3.15. The van der Waals surface area contributed by atoms with Crippen LogP contribution in [0.2, 0.25) is 0 Å². The van der Waals surface area contributed by atoms with E-state index >= 15 is 0 Å². The molecule has 0 fully saturated rings. The minimum absolute atomic E-state index is 0.201. The third kappa shape index (κ3) is 4.89. The predicted octanol–water partition coefficient (Wildman–Crippen LogP) is 4.10. The van der Waals surface area contributed by atoms with E-state index in [-0.39, 0.29) is 23.1 Å². The normalized spacial score (nSPS) is 13.4. The SMILES string of the molecule is CCCN1C(=O)C(Nc2ccc(OCC)c(OCC)c2)=C(c2ccc(OC)c(OC)c2)C1=O.